The third kappa shape index (κ3) is 9.50. The van der Waals surface area contributed by atoms with Gasteiger partial charge in [-0.15, -0.1) is 24.8 Å². The van der Waals surface area contributed by atoms with Gasteiger partial charge < -0.3 is 20.6 Å². The van der Waals surface area contributed by atoms with Crippen LogP contribution in [0, 0.1) is 0 Å². The Kier molecular flexibility index (Phi) is 14.2. The highest BCUT2D eigenvalue weighted by molar-refractivity contribution is 5.85. The SMILES string of the molecule is CCN(CC)CC(O)CON=C(N)CC(c1ccccc1)c1ccccc1.Cl.Cl. The molecule has 7 heteroatoms. The Morgan fingerprint density at radius 3 is 1.90 bits per heavy atom. The standard InChI is InChI=1S/C22H31N3O2.2ClH/c1-3-25(4-2)16-20(26)17-27-24-22(23)15-21(18-11-7-5-8-12-18)19-13-9-6-10-14-19;;/h5-14,20-21,26H,3-4,15-17H2,1-2H3,(H2,23,24);2*1H. The Bertz CT molecular complexity index is 643. The third-order valence-corrected chi connectivity index (χ3v) is 4.63. The molecule has 2 rings (SSSR count). The molecule has 0 amide bonds. The molecule has 29 heavy (non-hydrogen) atoms. The number of oxime groups is 1. The Morgan fingerprint density at radius 2 is 1.45 bits per heavy atom. The molecule has 0 aromatic heterocycles. The van der Waals surface area contributed by atoms with E-state index in [1.165, 1.54) is 11.1 Å². The monoisotopic (exact) mass is 441 g/mol. The van der Waals surface area contributed by atoms with Crippen LogP contribution in [0.25, 0.3) is 0 Å². The van der Waals surface area contributed by atoms with E-state index in [0.29, 0.717) is 18.8 Å². The Hall–Kier alpha value is -1.79. The lowest BCUT2D eigenvalue weighted by Crippen LogP contribution is -2.34. The van der Waals surface area contributed by atoms with Crippen molar-refractivity contribution in [2.75, 3.05) is 26.2 Å². The average Bonchev–Trinajstić information content (AvgIpc) is 2.71. The van der Waals surface area contributed by atoms with Crippen LogP contribution in [0.2, 0.25) is 0 Å². The molecule has 0 heterocycles. The average molecular weight is 442 g/mol. The number of hydrogen-bond donors (Lipinski definition) is 2. The summed E-state index contributed by atoms with van der Waals surface area (Å²) in [5, 5.41) is 14.1. The second kappa shape index (κ2) is 15.1. The predicted octanol–water partition coefficient (Wildman–Crippen LogP) is 4.04. The van der Waals surface area contributed by atoms with E-state index >= 15 is 0 Å². The van der Waals surface area contributed by atoms with Crippen LogP contribution in [0.3, 0.4) is 0 Å². The summed E-state index contributed by atoms with van der Waals surface area (Å²) in [7, 11) is 0. The van der Waals surface area contributed by atoms with Crippen molar-refractivity contribution in [1.29, 1.82) is 0 Å². The van der Waals surface area contributed by atoms with Crippen LogP contribution < -0.4 is 5.73 Å². The maximum Gasteiger partial charge on any atom is 0.144 e. The van der Waals surface area contributed by atoms with Gasteiger partial charge in [-0.1, -0.05) is 79.7 Å². The molecule has 1 atom stereocenters. The fourth-order valence-corrected chi connectivity index (χ4v) is 3.08. The van der Waals surface area contributed by atoms with Gasteiger partial charge in [0.15, 0.2) is 0 Å². The Morgan fingerprint density at radius 1 is 0.966 bits per heavy atom. The zero-order valence-electron chi connectivity index (χ0n) is 17.1. The zero-order chi connectivity index (χ0) is 19.5. The summed E-state index contributed by atoms with van der Waals surface area (Å²) in [6, 6.07) is 20.5. The Labute approximate surface area is 186 Å². The maximum absolute atomic E-state index is 10.1. The van der Waals surface area contributed by atoms with Crippen molar-refractivity contribution < 1.29 is 9.94 Å². The molecule has 2 aromatic rings. The minimum absolute atomic E-state index is 0. The summed E-state index contributed by atoms with van der Waals surface area (Å²) in [6.07, 6.45) is -0.0272. The molecule has 2 aromatic carbocycles. The predicted molar refractivity (Wildman–Crippen MR) is 125 cm³/mol. The number of likely N-dealkylation sites (N-methyl/N-ethyl adjacent to an activating group) is 1. The van der Waals surface area contributed by atoms with E-state index in [4.69, 9.17) is 10.6 Å². The van der Waals surface area contributed by atoms with Crippen LogP contribution in [0.15, 0.2) is 65.8 Å². The first-order valence-corrected chi connectivity index (χ1v) is 9.58. The second-order valence-corrected chi connectivity index (χ2v) is 6.60. The van der Waals surface area contributed by atoms with Crippen molar-refractivity contribution in [3.05, 3.63) is 71.8 Å². The number of halogens is 2. The van der Waals surface area contributed by atoms with Gasteiger partial charge in [0.05, 0.1) is 0 Å². The van der Waals surface area contributed by atoms with Gasteiger partial charge in [0.2, 0.25) is 0 Å². The molecule has 3 N–H and O–H groups in total. The third-order valence-electron chi connectivity index (χ3n) is 4.63. The molecule has 0 bridgehead atoms. The van der Waals surface area contributed by atoms with Gasteiger partial charge >= 0.3 is 0 Å². The number of aliphatic hydroxyl groups is 1. The summed E-state index contributed by atoms with van der Waals surface area (Å²) in [6.45, 7) is 6.64. The van der Waals surface area contributed by atoms with Crippen molar-refractivity contribution in [2.45, 2.75) is 32.3 Å². The van der Waals surface area contributed by atoms with Crippen LogP contribution >= 0.6 is 24.8 Å². The van der Waals surface area contributed by atoms with Crippen molar-refractivity contribution in [3.63, 3.8) is 0 Å². The van der Waals surface area contributed by atoms with Gasteiger partial charge in [-0.3, -0.25) is 0 Å². The molecule has 0 saturated carbocycles. The molecule has 0 radical (unpaired) electrons. The fourth-order valence-electron chi connectivity index (χ4n) is 3.08. The van der Waals surface area contributed by atoms with E-state index in [2.05, 4.69) is 48.2 Å². The molecular formula is C22H33Cl2N3O2. The minimum Gasteiger partial charge on any atom is -0.392 e. The maximum atomic E-state index is 10.1. The minimum atomic E-state index is -0.583. The van der Waals surface area contributed by atoms with Gasteiger partial charge in [0.1, 0.15) is 18.5 Å². The van der Waals surface area contributed by atoms with Gasteiger partial charge in [-0.2, -0.15) is 0 Å². The van der Waals surface area contributed by atoms with E-state index in [-0.39, 0.29) is 37.3 Å². The number of benzene rings is 2. The quantitative estimate of drug-likeness (QED) is 0.313. The van der Waals surface area contributed by atoms with Gasteiger partial charge in [-0.05, 0) is 24.2 Å². The van der Waals surface area contributed by atoms with Gasteiger partial charge in [-0.25, -0.2) is 0 Å². The van der Waals surface area contributed by atoms with Crippen molar-refractivity contribution >= 4 is 30.6 Å². The van der Waals surface area contributed by atoms with Gasteiger partial charge in [0, 0.05) is 18.9 Å². The Balaban J connectivity index is 0.00000392. The lowest BCUT2D eigenvalue weighted by atomic mass is 9.88. The summed E-state index contributed by atoms with van der Waals surface area (Å²) in [5.74, 6) is 0.531. The molecule has 0 aliphatic heterocycles. The molecule has 5 nitrogen and oxygen atoms in total. The van der Waals surface area contributed by atoms with Crippen molar-refractivity contribution in [1.82, 2.24) is 4.90 Å². The second-order valence-electron chi connectivity index (χ2n) is 6.60. The normalized spacial score (nSPS) is 12.2. The summed E-state index contributed by atoms with van der Waals surface area (Å²) >= 11 is 0. The lowest BCUT2D eigenvalue weighted by molar-refractivity contribution is 0.0204. The summed E-state index contributed by atoms with van der Waals surface area (Å²) in [4.78, 5) is 7.45. The molecule has 0 saturated heterocycles. The number of nitrogens with zero attached hydrogens (tertiary/aromatic N) is 2. The highest BCUT2D eigenvalue weighted by atomic mass is 35.5. The van der Waals surface area contributed by atoms with E-state index < -0.39 is 6.10 Å². The number of nitrogens with two attached hydrogens (primary N) is 1. The van der Waals surface area contributed by atoms with E-state index in [1.807, 2.05) is 36.4 Å². The number of amidine groups is 1. The number of hydrogen-bond acceptors (Lipinski definition) is 4. The first kappa shape index (κ1) is 27.2. The van der Waals surface area contributed by atoms with Crippen LogP contribution in [-0.2, 0) is 4.84 Å². The summed E-state index contributed by atoms with van der Waals surface area (Å²) in [5.41, 5.74) is 8.49. The highest BCUT2D eigenvalue weighted by Crippen LogP contribution is 2.27. The number of rotatable bonds is 11. The molecule has 0 fully saturated rings. The molecule has 0 spiro atoms. The highest BCUT2D eigenvalue weighted by Gasteiger charge is 2.16. The van der Waals surface area contributed by atoms with Gasteiger partial charge in [0.25, 0.3) is 0 Å². The first-order chi connectivity index (χ1) is 13.1. The largest absolute Gasteiger partial charge is 0.392 e. The summed E-state index contributed by atoms with van der Waals surface area (Å²) < 4.78 is 0. The number of aliphatic hydroxyl groups excluding tert-OH is 1. The van der Waals surface area contributed by atoms with Crippen molar-refractivity contribution in [3.8, 4) is 0 Å². The van der Waals surface area contributed by atoms with Crippen molar-refractivity contribution in [2.24, 2.45) is 10.9 Å². The zero-order valence-corrected chi connectivity index (χ0v) is 18.7. The molecule has 0 aliphatic rings. The van der Waals surface area contributed by atoms with E-state index in [0.717, 1.165) is 13.1 Å². The van der Waals surface area contributed by atoms with Crippen LogP contribution in [0.5, 0.6) is 0 Å². The van der Waals surface area contributed by atoms with Crippen LogP contribution in [0.1, 0.15) is 37.3 Å². The van der Waals surface area contributed by atoms with Crippen LogP contribution in [-0.4, -0.2) is 48.2 Å². The lowest BCUT2D eigenvalue weighted by Gasteiger charge is -2.21. The molecule has 1 unspecified atom stereocenters. The van der Waals surface area contributed by atoms with E-state index in [1.54, 1.807) is 0 Å². The smallest absolute Gasteiger partial charge is 0.144 e. The molecule has 0 aliphatic carbocycles. The molecule has 162 valence electrons. The topological polar surface area (TPSA) is 71.1 Å². The molecular weight excluding hydrogens is 409 g/mol. The van der Waals surface area contributed by atoms with E-state index in [9.17, 15) is 5.11 Å². The fraction of sp³-hybridized carbons (Fsp3) is 0.409. The van der Waals surface area contributed by atoms with Crippen LogP contribution in [0.4, 0.5) is 0 Å². The first-order valence-electron chi connectivity index (χ1n) is 9.58.